The summed E-state index contributed by atoms with van der Waals surface area (Å²) in [6.45, 7) is 2.27. The lowest BCUT2D eigenvalue weighted by atomic mass is 10.1. The van der Waals surface area contributed by atoms with E-state index in [1.807, 2.05) is 5.92 Å². The van der Waals surface area contributed by atoms with Gasteiger partial charge in [-0.3, -0.25) is 0 Å². The van der Waals surface area contributed by atoms with Crippen molar-refractivity contribution in [3.63, 3.8) is 0 Å². The molecule has 0 spiro atoms. The monoisotopic (exact) mass is 592 g/mol. The molecule has 44 heavy (non-hydrogen) atoms. The Morgan fingerprint density at radius 1 is 0.432 bits per heavy atom. The van der Waals surface area contributed by atoms with Crippen LogP contribution in [-0.2, 0) is 0 Å². The van der Waals surface area contributed by atoms with Crippen molar-refractivity contribution in [1.82, 2.24) is 0 Å². The fourth-order valence-electron chi connectivity index (χ4n) is 2.30. The number of hydrogen-bond donors (Lipinski definition) is 0. The van der Waals surface area contributed by atoms with Crippen molar-refractivity contribution >= 4 is 10.2 Å². The first-order chi connectivity index (χ1) is 20.9. The maximum absolute atomic E-state index is 13.5. The van der Waals surface area contributed by atoms with Gasteiger partial charge in [0.25, 0.3) is 0 Å². The van der Waals surface area contributed by atoms with Gasteiger partial charge in [0.2, 0.25) is 0 Å². The highest BCUT2D eigenvalue weighted by Crippen LogP contribution is 3.02. The summed E-state index contributed by atoms with van der Waals surface area (Å²) in [4.78, 5) is -2.01. The van der Waals surface area contributed by atoms with Gasteiger partial charge in [-0.15, -0.1) is 6.42 Å². The first kappa shape index (κ1) is 34.6. The van der Waals surface area contributed by atoms with Crippen molar-refractivity contribution in [3.8, 4) is 178 Å². The third-order valence-corrected chi connectivity index (χ3v) is 5.25. The normalized spacial score (nSPS) is 8.41. The highest BCUT2D eigenvalue weighted by Gasteiger charge is 2.67. The molecule has 0 nitrogen and oxygen atoms in total. The number of aryl methyl sites for hydroxylation is 1. The molecule has 1 rings (SSSR count). The molecule has 1 aromatic rings. The van der Waals surface area contributed by atoms with Gasteiger partial charge in [0.1, 0.15) is 4.90 Å². The highest BCUT2D eigenvalue weighted by atomic mass is 32.5. The van der Waals surface area contributed by atoms with Crippen molar-refractivity contribution in [2.75, 3.05) is 0 Å². The molecular weight excluding hydrogens is 583 g/mol. The first-order valence-corrected chi connectivity index (χ1v) is 13.1. The van der Waals surface area contributed by atoms with Crippen LogP contribution < -0.4 is 0 Å². The van der Waals surface area contributed by atoms with Crippen LogP contribution in [0.4, 0.5) is 19.4 Å². The largest absolute Gasteiger partial charge is 0.311 e. The summed E-state index contributed by atoms with van der Waals surface area (Å²) in [7, 11) is -9.96. The van der Waals surface area contributed by atoms with Gasteiger partial charge in [-0.05, 0) is 126 Å². The lowest BCUT2D eigenvalue weighted by Crippen LogP contribution is -2.11. The smallest absolute Gasteiger partial charge is 0.106 e. The molecule has 0 bridgehead atoms. The van der Waals surface area contributed by atoms with E-state index in [-0.39, 0.29) is 5.56 Å². The number of terminal acetylenes is 1. The van der Waals surface area contributed by atoms with E-state index >= 15 is 0 Å². The highest BCUT2D eigenvalue weighted by molar-refractivity contribution is 8.45. The zero-order valence-corrected chi connectivity index (χ0v) is 23.3. The van der Waals surface area contributed by atoms with E-state index in [1.165, 1.54) is 13.0 Å². The van der Waals surface area contributed by atoms with E-state index in [0.29, 0.717) is 0 Å². The molecule has 0 aliphatic heterocycles. The number of benzene rings is 1. The molecule has 0 atom stereocenters. The summed E-state index contributed by atoms with van der Waals surface area (Å²) in [5.74, 6) is 68.5. The minimum Gasteiger partial charge on any atom is -0.106 e. The molecule has 0 amide bonds. The standard InChI is InChI=1S/C38H9F5S/c1-4-5-6-7-8-9-10-11-12-13-14-15-16-17-18-19-20-21-22-23-24-25-26-27-28-29-30-31-32-37-34-33-35(2)36(3)38(37)44(39,40,41,42)43/h1,33-34H,2-3H3. The van der Waals surface area contributed by atoms with E-state index in [4.69, 9.17) is 6.42 Å². The van der Waals surface area contributed by atoms with Crippen LogP contribution in [0.3, 0.4) is 0 Å². The third kappa shape index (κ3) is 15.9. The van der Waals surface area contributed by atoms with Gasteiger partial charge in [-0.25, -0.2) is 0 Å². The van der Waals surface area contributed by atoms with Gasteiger partial charge in [-0.1, -0.05) is 31.4 Å². The second-order valence-electron chi connectivity index (χ2n) is 7.00. The molecule has 0 aliphatic carbocycles. The maximum Gasteiger partial charge on any atom is 0.311 e. The van der Waals surface area contributed by atoms with E-state index < -0.39 is 26.2 Å². The fraction of sp³-hybridized carbons (Fsp3) is 0.0526. The predicted molar refractivity (Wildman–Crippen MR) is 164 cm³/mol. The lowest BCUT2D eigenvalue weighted by molar-refractivity contribution is 0.362. The summed E-state index contributed by atoms with van der Waals surface area (Å²) < 4.78 is 67.3. The summed E-state index contributed by atoms with van der Waals surface area (Å²) >= 11 is 0. The molecular formula is C38H9F5S. The number of rotatable bonds is 1. The Labute approximate surface area is 254 Å². The first-order valence-electron chi connectivity index (χ1n) is 11.2. The molecule has 0 radical (unpaired) electrons. The van der Waals surface area contributed by atoms with Crippen LogP contribution >= 0.6 is 10.2 Å². The molecule has 0 N–H and O–H groups in total. The molecule has 0 saturated carbocycles. The maximum atomic E-state index is 13.5. The molecule has 0 aromatic heterocycles. The topological polar surface area (TPSA) is 0 Å². The van der Waals surface area contributed by atoms with Crippen LogP contribution in [0, 0.1) is 192 Å². The average Bonchev–Trinajstić information content (AvgIpc) is 2.95. The SMILES string of the molecule is C#CC#CC#CC#CC#CC#CC#CC#CC#CC#CC#CC#CC#CC#CC#Cc1ccc(C)c(C)c1S(F)(F)(F)(F)F. The minimum atomic E-state index is -9.96. The number of halogens is 5. The van der Waals surface area contributed by atoms with Crippen molar-refractivity contribution in [2.45, 2.75) is 18.7 Å². The van der Waals surface area contributed by atoms with Crippen LogP contribution in [0.2, 0.25) is 0 Å². The Morgan fingerprint density at radius 3 is 0.977 bits per heavy atom. The molecule has 0 heterocycles. The van der Waals surface area contributed by atoms with E-state index in [9.17, 15) is 19.4 Å². The predicted octanol–water partition coefficient (Wildman–Crippen LogP) is 4.99. The van der Waals surface area contributed by atoms with E-state index in [1.54, 1.807) is 0 Å². The van der Waals surface area contributed by atoms with Crippen molar-refractivity contribution in [3.05, 3.63) is 28.8 Å². The van der Waals surface area contributed by atoms with Gasteiger partial charge >= 0.3 is 10.2 Å². The molecule has 0 unspecified atom stereocenters. The summed E-state index contributed by atoms with van der Waals surface area (Å²) in [5, 5.41) is 0. The Kier molecular flexibility index (Phi) is 13.1. The second kappa shape index (κ2) is 16.7. The van der Waals surface area contributed by atoms with Crippen LogP contribution in [-0.4, -0.2) is 0 Å². The molecule has 0 aliphatic rings. The van der Waals surface area contributed by atoms with Gasteiger partial charge in [0, 0.05) is 76.6 Å². The van der Waals surface area contributed by atoms with Gasteiger partial charge in [0.15, 0.2) is 0 Å². The molecule has 0 saturated heterocycles. The Hall–Kier alpha value is -7.38. The molecule has 1 aromatic carbocycles. The Balaban J connectivity index is 2.67. The van der Waals surface area contributed by atoms with E-state index in [2.05, 4.69) is 166 Å². The minimum absolute atomic E-state index is 0.0637. The van der Waals surface area contributed by atoms with Gasteiger partial charge in [-0.2, -0.15) is 0 Å². The zero-order valence-electron chi connectivity index (χ0n) is 22.5. The van der Waals surface area contributed by atoms with Gasteiger partial charge in [0.05, 0.1) is 0 Å². The van der Waals surface area contributed by atoms with Gasteiger partial charge < -0.3 is 0 Å². The molecule has 6 heteroatoms. The zero-order chi connectivity index (χ0) is 32.6. The Bertz CT molecular complexity index is 2360. The van der Waals surface area contributed by atoms with Crippen molar-refractivity contribution in [2.24, 2.45) is 0 Å². The quantitative estimate of drug-likeness (QED) is 0.319. The van der Waals surface area contributed by atoms with Crippen LogP contribution in [0.25, 0.3) is 0 Å². The lowest BCUT2D eigenvalue weighted by Gasteiger charge is -2.42. The molecule has 202 valence electrons. The summed E-state index contributed by atoms with van der Waals surface area (Å²) in [6, 6.07) is 2.15. The van der Waals surface area contributed by atoms with Crippen molar-refractivity contribution in [1.29, 1.82) is 0 Å². The fourth-order valence-corrected chi connectivity index (χ4v) is 3.58. The third-order valence-electron chi connectivity index (χ3n) is 3.96. The van der Waals surface area contributed by atoms with Crippen LogP contribution in [0.5, 0.6) is 0 Å². The van der Waals surface area contributed by atoms with Crippen LogP contribution in [0.1, 0.15) is 16.7 Å². The second-order valence-corrected chi connectivity index (χ2v) is 9.34. The van der Waals surface area contributed by atoms with Crippen LogP contribution in [0.15, 0.2) is 17.0 Å². The molecule has 0 fully saturated rings. The number of hydrogen-bond acceptors (Lipinski definition) is 0. The van der Waals surface area contributed by atoms with Crippen molar-refractivity contribution < 1.29 is 19.4 Å². The Morgan fingerprint density at radius 2 is 0.705 bits per heavy atom. The summed E-state index contributed by atoms with van der Waals surface area (Å²) in [5.41, 5.74) is -1.39. The summed E-state index contributed by atoms with van der Waals surface area (Å²) in [6.07, 6.45) is 4.92. The van der Waals surface area contributed by atoms with E-state index in [0.717, 1.165) is 13.0 Å². The average molecular weight is 593 g/mol.